The Balaban J connectivity index is 1.93. The lowest BCUT2D eigenvalue weighted by molar-refractivity contribution is 1.52. The fourth-order valence-corrected chi connectivity index (χ4v) is 3.76. The molecule has 0 aliphatic rings. The number of thiophene rings is 2. The van der Waals surface area contributed by atoms with Gasteiger partial charge in [-0.3, -0.25) is 0 Å². The molecule has 0 radical (unpaired) electrons. The van der Waals surface area contributed by atoms with Gasteiger partial charge in [0.25, 0.3) is 0 Å². The molecule has 0 aliphatic carbocycles. The van der Waals surface area contributed by atoms with Gasteiger partial charge in [-0.1, -0.05) is 24.3 Å². The van der Waals surface area contributed by atoms with E-state index in [9.17, 15) is 0 Å². The summed E-state index contributed by atoms with van der Waals surface area (Å²) in [6.45, 7) is 6.96. The minimum absolute atomic E-state index is 0.655. The maximum Gasteiger partial charge on any atom is 0.187 e. The van der Waals surface area contributed by atoms with Crippen LogP contribution in [-0.2, 0) is 0 Å². The van der Waals surface area contributed by atoms with Crippen LogP contribution >= 0.6 is 22.7 Å². The second-order valence-electron chi connectivity index (χ2n) is 4.10. The Kier molecular flexibility index (Phi) is 3.35. The highest BCUT2D eigenvalue weighted by Gasteiger charge is 2.07. The van der Waals surface area contributed by atoms with Gasteiger partial charge in [0, 0.05) is 14.6 Å². The first kappa shape index (κ1) is 12.6. The largest absolute Gasteiger partial charge is 0.238 e. The Labute approximate surface area is 125 Å². The third-order valence-corrected chi connectivity index (χ3v) is 5.17. The average molecular weight is 292 g/mol. The van der Waals surface area contributed by atoms with Gasteiger partial charge in [-0.15, -0.1) is 22.7 Å². The number of hydrogen-bond donors (Lipinski definition) is 0. The summed E-state index contributed by atoms with van der Waals surface area (Å²) in [7, 11) is 0. The zero-order chi connectivity index (χ0) is 13.9. The molecule has 0 unspecified atom stereocenters. The number of nitrogens with zero attached hydrogens (tertiary/aromatic N) is 2. The number of hydrogen-bond acceptors (Lipinski definition) is 3. The van der Waals surface area contributed by atoms with Crippen molar-refractivity contribution in [3.8, 4) is 26.3 Å². The molecule has 94 valence electrons. The fourth-order valence-electron chi connectivity index (χ4n) is 1.86. The molecule has 3 rings (SSSR count). The van der Waals surface area contributed by atoms with Crippen molar-refractivity contribution in [2.45, 2.75) is 0 Å². The first-order valence-electron chi connectivity index (χ1n) is 5.88. The summed E-state index contributed by atoms with van der Waals surface area (Å²) < 4.78 is 0. The van der Waals surface area contributed by atoms with Crippen molar-refractivity contribution in [2.24, 2.45) is 0 Å². The molecule has 3 aromatic rings. The van der Waals surface area contributed by atoms with E-state index in [1.165, 1.54) is 21.1 Å². The zero-order valence-corrected chi connectivity index (χ0v) is 12.0. The Morgan fingerprint density at radius 3 is 2.15 bits per heavy atom. The summed E-state index contributed by atoms with van der Waals surface area (Å²) in [5.41, 5.74) is 1.77. The van der Waals surface area contributed by atoms with Gasteiger partial charge < -0.3 is 0 Å². The third kappa shape index (κ3) is 2.35. The lowest BCUT2D eigenvalue weighted by Gasteiger charge is -1.96. The van der Waals surface area contributed by atoms with Gasteiger partial charge in [-0.25, -0.2) is 4.85 Å². The van der Waals surface area contributed by atoms with E-state index in [1.807, 2.05) is 36.4 Å². The highest BCUT2D eigenvalue weighted by atomic mass is 32.1. The van der Waals surface area contributed by atoms with Gasteiger partial charge in [0.1, 0.15) is 10.9 Å². The Hall–Kier alpha value is -2.40. The van der Waals surface area contributed by atoms with Gasteiger partial charge >= 0.3 is 0 Å². The van der Waals surface area contributed by atoms with E-state index in [2.05, 4.69) is 23.0 Å². The molecule has 0 spiro atoms. The van der Waals surface area contributed by atoms with E-state index < -0.39 is 0 Å². The lowest BCUT2D eigenvalue weighted by atomic mass is 10.2. The van der Waals surface area contributed by atoms with E-state index in [4.69, 9.17) is 11.8 Å². The van der Waals surface area contributed by atoms with Crippen molar-refractivity contribution < 1.29 is 0 Å². The summed E-state index contributed by atoms with van der Waals surface area (Å²) in [6, 6.07) is 17.8. The molecule has 0 bridgehead atoms. The second kappa shape index (κ2) is 5.30. The number of benzene rings is 1. The fraction of sp³-hybridized carbons (Fsp3) is 0. The van der Waals surface area contributed by atoms with Gasteiger partial charge in [0.15, 0.2) is 5.69 Å². The van der Waals surface area contributed by atoms with Crippen LogP contribution in [0.5, 0.6) is 0 Å². The van der Waals surface area contributed by atoms with Crippen LogP contribution in [0.15, 0.2) is 48.5 Å². The van der Waals surface area contributed by atoms with Crippen LogP contribution in [0.2, 0.25) is 0 Å². The summed E-state index contributed by atoms with van der Waals surface area (Å²) >= 11 is 3.21. The van der Waals surface area contributed by atoms with Crippen LogP contribution in [0.4, 0.5) is 5.69 Å². The zero-order valence-electron chi connectivity index (χ0n) is 10.3. The number of nitriles is 1. The third-order valence-electron chi connectivity index (χ3n) is 2.85. The molecule has 2 heterocycles. The van der Waals surface area contributed by atoms with E-state index in [0.29, 0.717) is 5.69 Å². The molecular formula is C16H8N2S2. The van der Waals surface area contributed by atoms with Crippen molar-refractivity contribution >= 4 is 28.4 Å². The Bertz CT molecular complexity index is 826. The molecule has 2 nitrogen and oxygen atoms in total. The van der Waals surface area contributed by atoms with Crippen molar-refractivity contribution in [1.29, 1.82) is 5.26 Å². The molecule has 0 atom stereocenters. The maximum absolute atomic E-state index is 8.87. The van der Waals surface area contributed by atoms with Crippen molar-refractivity contribution in [3.05, 3.63) is 64.8 Å². The van der Waals surface area contributed by atoms with Crippen LogP contribution in [0.1, 0.15) is 4.88 Å². The van der Waals surface area contributed by atoms with Crippen LogP contribution in [-0.4, -0.2) is 0 Å². The summed E-state index contributed by atoms with van der Waals surface area (Å²) in [5.74, 6) is 0. The Morgan fingerprint density at radius 2 is 1.50 bits per heavy atom. The molecule has 0 aliphatic heterocycles. The summed E-state index contributed by atoms with van der Waals surface area (Å²) in [4.78, 5) is 7.59. The summed E-state index contributed by atoms with van der Waals surface area (Å²) in [6.07, 6.45) is 0. The molecule has 0 amide bonds. The molecule has 0 saturated carbocycles. The monoisotopic (exact) mass is 292 g/mol. The standard InChI is InChI=1S/C16H8N2S2/c1-18-12-4-2-11(3-5-12)14-8-9-16(20-14)15-7-6-13(10-17)19-15/h2-9H. The normalized spacial score (nSPS) is 9.90. The minimum atomic E-state index is 0.655. The highest BCUT2D eigenvalue weighted by molar-refractivity contribution is 7.24. The van der Waals surface area contributed by atoms with Crippen LogP contribution in [0, 0.1) is 17.9 Å². The SMILES string of the molecule is [C-]#[N+]c1ccc(-c2ccc(-c3ccc(C#N)s3)s2)cc1. The second-order valence-corrected chi connectivity index (χ2v) is 6.27. The van der Waals surface area contributed by atoms with E-state index >= 15 is 0 Å². The first-order valence-corrected chi connectivity index (χ1v) is 7.51. The topological polar surface area (TPSA) is 28.1 Å². The van der Waals surface area contributed by atoms with E-state index in [0.717, 1.165) is 15.3 Å². The van der Waals surface area contributed by atoms with Gasteiger partial charge in [-0.05, 0) is 29.8 Å². The quantitative estimate of drug-likeness (QED) is 0.568. The van der Waals surface area contributed by atoms with Crippen molar-refractivity contribution in [2.75, 3.05) is 0 Å². The van der Waals surface area contributed by atoms with Gasteiger partial charge in [0.05, 0.1) is 6.57 Å². The van der Waals surface area contributed by atoms with Crippen LogP contribution in [0.25, 0.3) is 25.0 Å². The number of rotatable bonds is 2. The lowest BCUT2D eigenvalue weighted by Crippen LogP contribution is -1.69. The molecule has 0 saturated heterocycles. The first-order chi connectivity index (χ1) is 9.80. The molecule has 2 aromatic heterocycles. The van der Waals surface area contributed by atoms with E-state index in [-0.39, 0.29) is 0 Å². The minimum Gasteiger partial charge on any atom is -0.238 e. The van der Waals surface area contributed by atoms with Crippen LogP contribution in [0.3, 0.4) is 0 Å². The van der Waals surface area contributed by atoms with Gasteiger partial charge in [-0.2, -0.15) is 5.26 Å². The molecule has 4 heteroatoms. The molecule has 0 fully saturated rings. The Morgan fingerprint density at radius 1 is 0.850 bits per heavy atom. The van der Waals surface area contributed by atoms with Gasteiger partial charge in [0.2, 0.25) is 0 Å². The summed E-state index contributed by atoms with van der Waals surface area (Å²) in [5, 5.41) is 8.87. The average Bonchev–Trinajstić information content (AvgIpc) is 3.16. The molecular weight excluding hydrogens is 284 g/mol. The van der Waals surface area contributed by atoms with Crippen molar-refractivity contribution in [3.63, 3.8) is 0 Å². The van der Waals surface area contributed by atoms with E-state index in [1.54, 1.807) is 11.3 Å². The molecule has 20 heavy (non-hydrogen) atoms. The maximum atomic E-state index is 8.87. The van der Waals surface area contributed by atoms with Crippen molar-refractivity contribution in [1.82, 2.24) is 0 Å². The molecule has 1 aromatic carbocycles. The molecule has 0 N–H and O–H groups in total. The smallest absolute Gasteiger partial charge is 0.187 e. The predicted octanol–water partition coefficient (Wildman–Crippen LogP) is 5.57. The van der Waals surface area contributed by atoms with Crippen LogP contribution < -0.4 is 0 Å². The highest BCUT2D eigenvalue weighted by Crippen LogP contribution is 2.37. The predicted molar refractivity (Wildman–Crippen MR) is 84.0 cm³/mol.